The van der Waals surface area contributed by atoms with Crippen LogP contribution in [0, 0.1) is 6.92 Å². The first-order valence-corrected chi connectivity index (χ1v) is 5.23. The van der Waals surface area contributed by atoms with Crippen molar-refractivity contribution >= 4 is 5.82 Å². The lowest BCUT2D eigenvalue weighted by atomic mass is 10.3. The fourth-order valence-electron chi connectivity index (χ4n) is 1.42. The number of nitrogens with two attached hydrogens (primary N) is 1. The summed E-state index contributed by atoms with van der Waals surface area (Å²) in [7, 11) is 0. The van der Waals surface area contributed by atoms with Crippen molar-refractivity contribution in [3.05, 3.63) is 42.1 Å². The zero-order valence-electron chi connectivity index (χ0n) is 9.26. The molecule has 0 aliphatic carbocycles. The Balaban J connectivity index is 1.84. The van der Waals surface area contributed by atoms with Gasteiger partial charge < -0.3 is 10.5 Å². The van der Waals surface area contributed by atoms with Gasteiger partial charge in [0.05, 0.1) is 6.54 Å². The summed E-state index contributed by atoms with van der Waals surface area (Å²) in [4.78, 5) is 0. The number of hydrogen-bond acceptors (Lipinski definition) is 3. The number of para-hydroxylation sites is 1. The maximum Gasteiger partial charge on any atom is 0.148 e. The molecule has 1 aromatic heterocycles. The van der Waals surface area contributed by atoms with E-state index in [0.29, 0.717) is 19.0 Å². The molecule has 0 aliphatic rings. The molecule has 84 valence electrons. The topological polar surface area (TPSA) is 53.1 Å². The van der Waals surface area contributed by atoms with E-state index in [1.54, 1.807) is 4.68 Å². The van der Waals surface area contributed by atoms with Crippen molar-refractivity contribution in [3.8, 4) is 5.75 Å². The minimum atomic E-state index is 0.583. The first-order chi connectivity index (χ1) is 7.75. The Morgan fingerprint density at radius 1 is 1.31 bits per heavy atom. The van der Waals surface area contributed by atoms with E-state index in [1.807, 2.05) is 43.5 Å². The molecule has 0 aliphatic heterocycles. The molecule has 2 aromatic rings. The summed E-state index contributed by atoms with van der Waals surface area (Å²) < 4.78 is 7.36. The second-order valence-corrected chi connectivity index (χ2v) is 3.62. The molecule has 0 spiro atoms. The predicted molar refractivity (Wildman–Crippen MR) is 63.3 cm³/mol. The molecule has 1 heterocycles. The van der Waals surface area contributed by atoms with Gasteiger partial charge in [0.2, 0.25) is 0 Å². The molecule has 2 rings (SSSR count). The lowest BCUT2D eigenvalue weighted by molar-refractivity contribution is 0.291. The van der Waals surface area contributed by atoms with Crippen LogP contribution in [0.2, 0.25) is 0 Å². The van der Waals surface area contributed by atoms with Crippen LogP contribution < -0.4 is 10.5 Å². The molecule has 0 fully saturated rings. The summed E-state index contributed by atoms with van der Waals surface area (Å²) in [5, 5.41) is 4.16. The van der Waals surface area contributed by atoms with Gasteiger partial charge in [0.15, 0.2) is 0 Å². The van der Waals surface area contributed by atoms with Crippen LogP contribution in [0.1, 0.15) is 5.56 Å². The van der Waals surface area contributed by atoms with E-state index in [9.17, 15) is 0 Å². The summed E-state index contributed by atoms with van der Waals surface area (Å²) in [6.07, 6.45) is 1.92. The number of hydrogen-bond donors (Lipinski definition) is 1. The smallest absolute Gasteiger partial charge is 0.148 e. The predicted octanol–water partition coefficient (Wildman–Crippen LogP) is 1.85. The molecule has 0 radical (unpaired) electrons. The van der Waals surface area contributed by atoms with Crippen LogP contribution in [-0.4, -0.2) is 16.4 Å². The summed E-state index contributed by atoms with van der Waals surface area (Å²) in [6.45, 7) is 3.23. The molecule has 0 amide bonds. The molecule has 16 heavy (non-hydrogen) atoms. The molecule has 4 heteroatoms. The SMILES string of the molecule is Cc1cn(CCOc2ccccc2)nc1N. The van der Waals surface area contributed by atoms with Crippen LogP contribution >= 0.6 is 0 Å². The maximum absolute atomic E-state index is 5.65. The van der Waals surface area contributed by atoms with Crippen molar-refractivity contribution < 1.29 is 4.74 Å². The van der Waals surface area contributed by atoms with E-state index < -0.39 is 0 Å². The summed E-state index contributed by atoms with van der Waals surface area (Å²) in [6, 6.07) is 9.73. The summed E-state index contributed by atoms with van der Waals surface area (Å²) in [5.41, 5.74) is 6.65. The van der Waals surface area contributed by atoms with Crippen molar-refractivity contribution in [2.75, 3.05) is 12.3 Å². The quantitative estimate of drug-likeness (QED) is 0.850. The Labute approximate surface area is 94.6 Å². The molecular weight excluding hydrogens is 202 g/mol. The molecular formula is C12H15N3O. The highest BCUT2D eigenvalue weighted by atomic mass is 16.5. The fraction of sp³-hybridized carbons (Fsp3) is 0.250. The van der Waals surface area contributed by atoms with Gasteiger partial charge in [-0.15, -0.1) is 0 Å². The van der Waals surface area contributed by atoms with Crippen molar-refractivity contribution in [1.29, 1.82) is 0 Å². The van der Waals surface area contributed by atoms with Crippen molar-refractivity contribution in [2.24, 2.45) is 0 Å². The number of rotatable bonds is 4. The van der Waals surface area contributed by atoms with Gasteiger partial charge in [0.1, 0.15) is 18.2 Å². The third kappa shape index (κ3) is 2.53. The monoisotopic (exact) mass is 217 g/mol. The standard InChI is InChI=1S/C12H15N3O/c1-10-9-15(14-12(10)13)7-8-16-11-5-3-2-4-6-11/h2-6,9H,7-8H2,1H3,(H2,13,14). The van der Waals surface area contributed by atoms with Crippen LogP contribution in [0.5, 0.6) is 5.75 Å². The van der Waals surface area contributed by atoms with Gasteiger partial charge in [-0.2, -0.15) is 5.10 Å². The van der Waals surface area contributed by atoms with Crippen LogP contribution in [0.3, 0.4) is 0 Å². The largest absolute Gasteiger partial charge is 0.492 e. The number of aryl methyl sites for hydroxylation is 1. The van der Waals surface area contributed by atoms with Gasteiger partial charge in [-0.3, -0.25) is 4.68 Å². The Morgan fingerprint density at radius 3 is 2.69 bits per heavy atom. The van der Waals surface area contributed by atoms with Crippen molar-refractivity contribution in [1.82, 2.24) is 9.78 Å². The Bertz CT molecular complexity index is 431. The minimum absolute atomic E-state index is 0.583. The van der Waals surface area contributed by atoms with Crippen molar-refractivity contribution in [2.45, 2.75) is 13.5 Å². The van der Waals surface area contributed by atoms with Gasteiger partial charge >= 0.3 is 0 Å². The van der Waals surface area contributed by atoms with Crippen LogP contribution in [-0.2, 0) is 6.54 Å². The average molecular weight is 217 g/mol. The first kappa shape index (κ1) is 10.5. The average Bonchev–Trinajstić information content (AvgIpc) is 2.60. The summed E-state index contributed by atoms with van der Waals surface area (Å²) in [5.74, 6) is 1.46. The van der Waals surface area contributed by atoms with E-state index >= 15 is 0 Å². The Hall–Kier alpha value is -1.97. The van der Waals surface area contributed by atoms with Gasteiger partial charge in [-0.25, -0.2) is 0 Å². The van der Waals surface area contributed by atoms with Crippen molar-refractivity contribution in [3.63, 3.8) is 0 Å². The van der Waals surface area contributed by atoms with Crippen LogP contribution in [0.15, 0.2) is 36.5 Å². The molecule has 0 saturated heterocycles. The maximum atomic E-state index is 5.65. The van der Waals surface area contributed by atoms with E-state index in [4.69, 9.17) is 10.5 Å². The molecule has 4 nitrogen and oxygen atoms in total. The normalized spacial score (nSPS) is 10.3. The van der Waals surface area contributed by atoms with E-state index in [-0.39, 0.29) is 0 Å². The third-order valence-electron chi connectivity index (χ3n) is 2.32. The zero-order valence-corrected chi connectivity index (χ0v) is 9.26. The van der Waals surface area contributed by atoms with Gasteiger partial charge in [-0.1, -0.05) is 18.2 Å². The highest BCUT2D eigenvalue weighted by Crippen LogP contribution is 2.09. The molecule has 0 bridgehead atoms. The molecule has 0 saturated carbocycles. The number of ether oxygens (including phenoxy) is 1. The minimum Gasteiger partial charge on any atom is -0.492 e. The Morgan fingerprint density at radius 2 is 2.06 bits per heavy atom. The van der Waals surface area contributed by atoms with E-state index in [0.717, 1.165) is 11.3 Å². The second kappa shape index (κ2) is 4.70. The van der Waals surface area contributed by atoms with E-state index in [1.165, 1.54) is 0 Å². The molecule has 0 atom stereocenters. The summed E-state index contributed by atoms with van der Waals surface area (Å²) >= 11 is 0. The lowest BCUT2D eigenvalue weighted by Crippen LogP contribution is -2.08. The third-order valence-corrected chi connectivity index (χ3v) is 2.32. The fourth-order valence-corrected chi connectivity index (χ4v) is 1.42. The van der Waals surface area contributed by atoms with Gasteiger partial charge in [-0.05, 0) is 19.1 Å². The Kier molecular flexibility index (Phi) is 3.10. The highest BCUT2D eigenvalue weighted by Gasteiger charge is 2.00. The van der Waals surface area contributed by atoms with E-state index in [2.05, 4.69) is 5.10 Å². The lowest BCUT2D eigenvalue weighted by Gasteiger charge is -2.05. The number of aromatic nitrogens is 2. The van der Waals surface area contributed by atoms with Gasteiger partial charge in [0.25, 0.3) is 0 Å². The zero-order chi connectivity index (χ0) is 11.4. The van der Waals surface area contributed by atoms with Crippen LogP contribution in [0.25, 0.3) is 0 Å². The van der Waals surface area contributed by atoms with Crippen LogP contribution in [0.4, 0.5) is 5.82 Å². The number of nitrogens with zero attached hydrogens (tertiary/aromatic N) is 2. The number of nitrogen functional groups attached to an aromatic ring is 1. The molecule has 0 unspecified atom stereocenters. The first-order valence-electron chi connectivity index (χ1n) is 5.23. The number of benzene rings is 1. The molecule has 1 aromatic carbocycles. The van der Waals surface area contributed by atoms with Gasteiger partial charge in [0, 0.05) is 11.8 Å². The second-order valence-electron chi connectivity index (χ2n) is 3.62. The highest BCUT2D eigenvalue weighted by molar-refractivity contribution is 5.35. The molecule has 2 N–H and O–H groups in total. The number of anilines is 1.